The van der Waals surface area contributed by atoms with Gasteiger partial charge in [-0.3, -0.25) is 13.9 Å². The van der Waals surface area contributed by atoms with Crippen molar-refractivity contribution in [3.63, 3.8) is 0 Å². The molecule has 0 spiro atoms. The van der Waals surface area contributed by atoms with Crippen LogP contribution in [0.2, 0.25) is 0 Å². The Morgan fingerprint density at radius 3 is 2.03 bits per heavy atom. The van der Waals surface area contributed by atoms with Gasteiger partial charge in [-0.25, -0.2) is 8.42 Å². The SMILES string of the molecule is CCCNC(=O)C(Cc1ccccc1)N(Cc1ccccc1)C(=O)CCCN(c1ccc(C)cc1)S(C)(=O)=O. The quantitative estimate of drug-likeness (QED) is 0.316. The molecule has 0 fully saturated rings. The molecule has 3 aromatic carbocycles. The number of nitrogens with one attached hydrogen (secondary N) is 1. The van der Waals surface area contributed by atoms with Gasteiger partial charge in [0.15, 0.2) is 0 Å². The molecule has 0 heterocycles. The van der Waals surface area contributed by atoms with E-state index in [4.69, 9.17) is 0 Å². The molecule has 0 aliphatic rings. The topological polar surface area (TPSA) is 86.8 Å². The zero-order valence-electron chi connectivity index (χ0n) is 23.0. The van der Waals surface area contributed by atoms with Gasteiger partial charge in [-0.15, -0.1) is 0 Å². The number of aryl methyl sites for hydroxylation is 1. The summed E-state index contributed by atoms with van der Waals surface area (Å²) >= 11 is 0. The Hall–Kier alpha value is -3.65. The van der Waals surface area contributed by atoms with Crippen molar-refractivity contribution in [2.75, 3.05) is 23.7 Å². The summed E-state index contributed by atoms with van der Waals surface area (Å²) in [6, 6.07) is 25.9. The van der Waals surface area contributed by atoms with E-state index in [0.29, 0.717) is 25.1 Å². The van der Waals surface area contributed by atoms with Crippen molar-refractivity contribution in [2.24, 2.45) is 0 Å². The van der Waals surface area contributed by atoms with E-state index in [1.54, 1.807) is 17.0 Å². The molecule has 1 unspecified atom stereocenters. The van der Waals surface area contributed by atoms with Crippen molar-refractivity contribution >= 4 is 27.5 Å². The Bertz CT molecular complexity index is 1300. The molecule has 1 N–H and O–H groups in total. The lowest BCUT2D eigenvalue weighted by atomic mass is 10.0. The van der Waals surface area contributed by atoms with Gasteiger partial charge in [-0.1, -0.05) is 85.3 Å². The highest BCUT2D eigenvalue weighted by molar-refractivity contribution is 7.92. The molecule has 0 aliphatic heterocycles. The molecule has 0 saturated carbocycles. The van der Waals surface area contributed by atoms with Gasteiger partial charge < -0.3 is 10.2 Å². The van der Waals surface area contributed by atoms with Crippen LogP contribution in [-0.2, 0) is 32.6 Å². The minimum Gasteiger partial charge on any atom is -0.354 e. The van der Waals surface area contributed by atoms with Gasteiger partial charge in [0.05, 0.1) is 11.9 Å². The number of hydrogen-bond donors (Lipinski definition) is 1. The molecule has 7 nitrogen and oxygen atoms in total. The largest absolute Gasteiger partial charge is 0.354 e. The van der Waals surface area contributed by atoms with E-state index in [-0.39, 0.29) is 31.3 Å². The van der Waals surface area contributed by atoms with Crippen molar-refractivity contribution in [1.82, 2.24) is 10.2 Å². The Kier molecular flexibility index (Phi) is 11.1. The van der Waals surface area contributed by atoms with E-state index in [1.165, 1.54) is 10.6 Å². The van der Waals surface area contributed by atoms with Gasteiger partial charge in [0, 0.05) is 32.5 Å². The fourth-order valence-electron chi connectivity index (χ4n) is 4.42. The van der Waals surface area contributed by atoms with Gasteiger partial charge in [0.1, 0.15) is 6.04 Å². The smallest absolute Gasteiger partial charge is 0.243 e. The van der Waals surface area contributed by atoms with Crippen molar-refractivity contribution in [3.05, 3.63) is 102 Å². The molecule has 0 radical (unpaired) electrons. The van der Waals surface area contributed by atoms with E-state index >= 15 is 0 Å². The molecule has 39 heavy (non-hydrogen) atoms. The van der Waals surface area contributed by atoms with E-state index in [2.05, 4.69) is 5.32 Å². The molecular formula is C31H39N3O4S. The Labute approximate surface area is 232 Å². The van der Waals surface area contributed by atoms with Gasteiger partial charge in [-0.05, 0) is 43.0 Å². The highest BCUT2D eigenvalue weighted by Crippen LogP contribution is 2.20. The molecule has 2 amide bonds. The fourth-order valence-corrected chi connectivity index (χ4v) is 5.38. The van der Waals surface area contributed by atoms with Crippen molar-refractivity contribution in [1.29, 1.82) is 0 Å². The van der Waals surface area contributed by atoms with Gasteiger partial charge >= 0.3 is 0 Å². The Morgan fingerprint density at radius 1 is 0.872 bits per heavy atom. The second-order valence-electron chi connectivity index (χ2n) is 9.78. The molecule has 208 valence electrons. The lowest BCUT2D eigenvalue weighted by Crippen LogP contribution is -2.50. The molecule has 3 rings (SSSR count). The molecule has 0 aliphatic carbocycles. The first kappa shape index (κ1) is 29.9. The van der Waals surface area contributed by atoms with Crippen LogP contribution < -0.4 is 9.62 Å². The molecule has 8 heteroatoms. The van der Waals surface area contributed by atoms with Gasteiger partial charge in [-0.2, -0.15) is 0 Å². The number of anilines is 1. The second kappa shape index (κ2) is 14.5. The highest BCUT2D eigenvalue weighted by atomic mass is 32.2. The number of rotatable bonds is 14. The van der Waals surface area contributed by atoms with Crippen LogP contribution in [0.15, 0.2) is 84.9 Å². The number of nitrogens with zero attached hydrogens (tertiary/aromatic N) is 2. The number of amides is 2. The molecule has 0 bridgehead atoms. The maximum atomic E-state index is 13.7. The third kappa shape index (κ3) is 9.25. The zero-order valence-corrected chi connectivity index (χ0v) is 23.9. The van der Waals surface area contributed by atoms with Crippen LogP contribution in [0, 0.1) is 6.92 Å². The predicted molar refractivity (Wildman–Crippen MR) is 157 cm³/mol. The van der Waals surface area contributed by atoms with Crippen molar-refractivity contribution < 1.29 is 18.0 Å². The fraction of sp³-hybridized carbons (Fsp3) is 0.355. The summed E-state index contributed by atoms with van der Waals surface area (Å²) < 4.78 is 26.4. The summed E-state index contributed by atoms with van der Waals surface area (Å²) in [5.41, 5.74) is 3.48. The normalized spacial score (nSPS) is 12.0. The summed E-state index contributed by atoms with van der Waals surface area (Å²) in [4.78, 5) is 28.8. The molecule has 3 aromatic rings. The van der Waals surface area contributed by atoms with Crippen LogP contribution in [0.3, 0.4) is 0 Å². The van der Waals surface area contributed by atoms with Crippen molar-refractivity contribution in [2.45, 2.75) is 52.1 Å². The minimum atomic E-state index is -3.53. The van der Waals surface area contributed by atoms with Crippen LogP contribution >= 0.6 is 0 Å². The average molecular weight is 550 g/mol. The molecule has 0 aromatic heterocycles. The van der Waals surface area contributed by atoms with Crippen LogP contribution in [-0.4, -0.2) is 50.5 Å². The minimum absolute atomic E-state index is 0.108. The average Bonchev–Trinajstić information content (AvgIpc) is 2.92. The summed E-state index contributed by atoms with van der Waals surface area (Å²) in [6.45, 7) is 4.90. The number of benzene rings is 3. The number of carbonyl (C=O) groups excluding carboxylic acids is 2. The number of hydrogen-bond acceptors (Lipinski definition) is 4. The third-order valence-corrected chi connectivity index (χ3v) is 7.68. The third-order valence-electron chi connectivity index (χ3n) is 6.49. The Morgan fingerprint density at radius 2 is 1.46 bits per heavy atom. The maximum absolute atomic E-state index is 13.7. The van der Waals surface area contributed by atoms with Crippen LogP contribution in [0.1, 0.15) is 42.9 Å². The zero-order chi connectivity index (χ0) is 28.3. The van der Waals surface area contributed by atoms with Crippen LogP contribution in [0.5, 0.6) is 0 Å². The van der Waals surface area contributed by atoms with E-state index < -0.39 is 16.1 Å². The number of sulfonamides is 1. The van der Waals surface area contributed by atoms with E-state index in [0.717, 1.165) is 23.1 Å². The highest BCUT2D eigenvalue weighted by Gasteiger charge is 2.30. The standard InChI is InChI=1S/C31H39N3O4S/c1-4-21-32-31(36)29(23-26-12-7-5-8-13-26)33(24-27-14-9-6-10-15-27)30(35)16-11-22-34(39(3,37)38)28-19-17-25(2)18-20-28/h5-10,12-15,17-20,29H,4,11,16,21-24H2,1-3H3,(H,32,36). The van der Waals surface area contributed by atoms with E-state index in [9.17, 15) is 18.0 Å². The van der Waals surface area contributed by atoms with Crippen molar-refractivity contribution in [3.8, 4) is 0 Å². The number of carbonyl (C=O) groups is 2. The molecule has 0 saturated heterocycles. The van der Waals surface area contributed by atoms with Crippen LogP contribution in [0.4, 0.5) is 5.69 Å². The van der Waals surface area contributed by atoms with Crippen LogP contribution in [0.25, 0.3) is 0 Å². The summed E-state index contributed by atoms with van der Waals surface area (Å²) in [7, 11) is -3.53. The summed E-state index contributed by atoms with van der Waals surface area (Å²) in [5, 5.41) is 2.97. The molecular weight excluding hydrogens is 510 g/mol. The van der Waals surface area contributed by atoms with E-state index in [1.807, 2.05) is 86.6 Å². The summed E-state index contributed by atoms with van der Waals surface area (Å²) in [5.74, 6) is -0.383. The van der Waals surface area contributed by atoms with Gasteiger partial charge in [0.25, 0.3) is 0 Å². The lowest BCUT2D eigenvalue weighted by molar-refractivity contribution is -0.141. The maximum Gasteiger partial charge on any atom is 0.243 e. The monoisotopic (exact) mass is 549 g/mol. The molecule has 1 atom stereocenters. The second-order valence-corrected chi connectivity index (χ2v) is 11.7. The summed E-state index contributed by atoms with van der Waals surface area (Å²) in [6.07, 6.45) is 2.77. The lowest BCUT2D eigenvalue weighted by Gasteiger charge is -2.32. The first-order valence-electron chi connectivity index (χ1n) is 13.4. The first-order valence-corrected chi connectivity index (χ1v) is 15.2. The predicted octanol–water partition coefficient (Wildman–Crippen LogP) is 4.71. The van der Waals surface area contributed by atoms with Gasteiger partial charge in [0.2, 0.25) is 21.8 Å². The Balaban J connectivity index is 1.84. The first-order chi connectivity index (χ1) is 18.7.